The largest absolute Gasteiger partial charge is 0.497 e. The van der Waals surface area contributed by atoms with E-state index in [1.807, 2.05) is 0 Å². The Balaban J connectivity index is 2.68. The molecule has 120 valence electrons. The fourth-order valence-corrected chi connectivity index (χ4v) is 1.89. The Labute approximate surface area is 130 Å². The van der Waals surface area contributed by atoms with Crippen LogP contribution in [0.1, 0.15) is 13.3 Å². The van der Waals surface area contributed by atoms with E-state index >= 15 is 0 Å². The van der Waals surface area contributed by atoms with Gasteiger partial charge in [0.2, 0.25) is 11.8 Å². The Morgan fingerprint density at radius 2 is 2.05 bits per heavy atom. The highest BCUT2D eigenvalue weighted by Gasteiger charge is 2.12. The normalized spacial score (nSPS) is 9.77. The van der Waals surface area contributed by atoms with Gasteiger partial charge in [-0.15, -0.1) is 6.58 Å². The molecule has 0 aliphatic carbocycles. The number of rotatable bonds is 8. The monoisotopic (exact) mass is 306 g/mol. The van der Waals surface area contributed by atoms with Gasteiger partial charge in [-0.1, -0.05) is 6.08 Å². The van der Waals surface area contributed by atoms with Crippen LogP contribution in [-0.2, 0) is 9.59 Å². The van der Waals surface area contributed by atoms with Gasteiger partial charge in [-0.3, -0.25) is 9.59 Å². The molecule has 0 aliphatic rings. The summed E-state index contributed by atoms with van der Waals surface area (Å²) in [6.07, 6.45) is 1.82. The number of hydrogen-bond donors (Lipinski definition) is 1. The van der Waals surface area contributed by atoms with Crippen LogP contribution in [0.15, 0.2) is 30.9 Å². The molecule has 0 radical (unpaired) electrons. The highest BCUT2D eigenvalue weighted by molar-refractivity contribution is 5.92. The molecule has 0 aliphatic heterocycles. The number of methoxy groups -OCH3 is 2. The minimum absolute atomic E-state index is 0.0911. The zero-order valence-corrected chi connectivity index (χ0v) is 13.2. The first-order valence-corrected chi connectivity index (χ1v) is 6.90. The van der Waals surface area contributed by atoms with Gasteiger partial charge in [0.05, 0.1) is 19.9 Å². The molecular formula is C16H22N2O4. The standard InChI is InChI=1S/C16H22N2O4/c1-5-9-18(12(2)19)10-8-16(20)17-14-11-13(21-3)6-7-15(14)22-4/h5-7,11H,1,8-10H2,2-4H3,(H,17,20). The van der Waals surface area contributed by atoms with E-state index in [4.69, 9.17) is 9.47 Å². The molecule has 1 aromatic carbocycles. The molecule has 6 nitrogen and oxygen atoms in total. The Morgan fingerprint density at radius 1 is 1.32 bits per heavy atom. The molecule has 1 N–H and O–H groups in total. The first kappa shape index (κ1) is 17.6. The van der Waals surface area contributed by atoms with Gasteiger partial charge in [-0.2, -0.15) is 0 Å². The summed E-state index contributed by atoms with van der Waals surface area (Å²) < 4.78 is 10.3. The fourth-order valence-electron chi connectivity index (χ4n) is 1.89. The van der Waals surface area contributed by atoms with E-state index in [2.05, 4.69) is 11.9 Å². The summed E-state index contributed by atoms with van der Waals surface area (Å²) in [6, 6.07) is 5.15. The van der Waals surface area contributed by atoms with Crippen LogP contribution in [0.5, 0.6) is 11.5 Å². The van der Waals surface area contributed by atoms with E-state index in [0.717, 1.165) is 0 Å². The van der Waals surface area contributed by atoms with Gasteiger partial charge in [-0.25, -0.2) is 0 Å². The topological polar surface area (TPSA) is 67.9 Å². The molecule has 0 saturated carbocycles. The lowest BCUT2D eigenvalue weighted by atomic mass is 10.2. The molecule has 0 unspecified atom stereocenters. The predicted octanol–water partition coefficient (Wildman–Crippen LogP) is 2.07. The minimum atomic E-state index is -0.207. The molecule has 0 spiro atoms. The van der Waals surface area contributed by atoms with Gasteiger partial charge in [0, 0.05) is 32.5 Å². The second kappa shape index (κ2) is 8.71. The van der Waals surface area contributed by atoms with Crippen molar-refractivity contribution < 1.29 is 19.1 Å². The van der Waals surface area contributed by atoms with Crippen LogP contribution < -0.4 is 14.8 Å². The minimum Gasteiger partial charge on any atom is -0.497 e. The van der Waals surface area contributed by atoms with Gasteiger partial charge in [0.15, 0.2) is 0 Å². The summed E-state index contributed by atoms with van der Waals surface area (Å²) in [5, 5.41) is 2.76. The summed E-state index contributed by atoms with van der Waals surface area (Å²) in [5.41, 5.74) is 0.532. The maximum absolute atomic E-state index is 12.0. The molecule has 0 aromatic heterocycles. The van der Waals surface area contributed by atoms with Gasteiger partial charge >= 0.3 is 0 Å². The third-order valence-electron chi connectivity index (χ3n) is 3.08. The smallest absolute Gasteiger partial charge is 0.226 e. The van der Waals surface area contributed by atoms with Crippen LogP contribution in [0.4, 0.5) is 5.69 Å². The Hall–Kier alpha value is -2.50. The van der Waals surface area contributed by atoms with Crippen molar-refractivity contribution in [3.63, 3.8) is 0 Å². The number of nitrogens with zero attached hydrogens (tertiary/aromatic N) is 1. The van der Waals surface area contributed by atoms with Crippen LogP contribution in [0, 0.1) is 0 Å². The maximum Gasteiger partial charge on any atom is 0.226 e. The zero-order valence-electron chi connectivity index (χ0n) is 13.2. The van der Waals surface area contributed by atoms with Crippen LogP contribution in [0.25, 0.3) is 0 Å². The van der Waals surface area contributed by atoms with Crippen molar-refractivity contribution in [1.29, 1.82) is 0 Å². The number of carbonyl (C=O) groups is 2. The van der Waals surface area contributed by atoms with Crippen molar-refractivity contribution in [3.8, 4) is 11.5 Å². The SMILES string of the molecule is C=CCN(CCC(=O)Nc1cc(OC)ccc1OC)C(C)=O. The van der Waals surface area contributed by atoms with Crippen LogP contribution in [-0.4, -0.2) is 44.0 Å². The van der Waals surface area contributed by atoms with Crippen molar-refractivity contribution in [3.05, 3.63) is 30.9 Å². The third kappa shape index (κ3) is 5.12. The molecule has 0 fully saturated rings. The first-order valence-electron chi connectivity index (χ1n) is 6.90. The summed E-state index contributed by atoms with van der Waals surface area (Å²) >= 11 is 0. The molecule has 0 bridgehead atoms. The molecule has 2 amide bonds. The van der Waals surface area contributed by atoms with Gasteiger partial charge < -0.3 is 19.7 Å². The maximum atomic E-state index is 12.0. The Morgan fingerprint density at radius 3 is 2.59 bits per heavy atom. The molecule has 6 heteroatoms. The highest BCUT2D eigenvalue weighted by atomic mass is 16.5. The number of carbonyl (C=O) groups excluding carboxylic acids is 2. The van der Waals surface area contributed by atoms with Gasteiger partial charge in [0.25, 0.3) is 0 Å². The van der Waals surface area contributed by atoms with E-state index in [0.29, 0.717) is 30.3 Å². The summed E-state index contributed by atoms with van der Waals surface area (Å²) in [4.78, 5) is 25.0. The lowest BCUT2D eigenvalue weighted by Gasteiger charge is -2.19. The van der Waals surface area contributed by atoms with Crippen molar-refractivity contribution in [2.75, 3.05) is 32.6 Å². The quantitative estimate of drug-likeness (QED) is 0.747. The number of amides is 2. The number of anilines is 1. The van der Waals surface area contributed by atoms with E-state index in [-0.39, 0.29) is 18.2 Å². The van der Waals surface area contributed by atoms with Gasteiger partial charge in [0.1, 0.15) is 11.5 Å². The first-order chi connectivity index (χ1) is 10.5. The van der Waals surface area contributed by atoms with Crippen molar-refractivity contribution in [1.82, 2.24) is 4.90 Å². The van der Waals surface area contributed by atoms with Crippen LogP contribution in [0.2, 0.25) is 0 Å². The second-order valence-corrected chi connectivity index (χ2v) is 4.62. The van der Waals surface area contributed by atoms with Crippen molar-refractivity contribution in [2.24, 2.45) is 0 Å². The second-order valence-electron chi connectivity index (χ2n) is 4.62. The lowest BCUT2D eigenvalue weighted by Crippen LogP contribution is -2.32. The number of nitrogens with one attached hydrogen (secondary N) is 1. The molecule has 0 heterocycles. The number of hydrogen-bond acceptors (Lipinski definition) is 4. The molecule has 22 heavy (non-hydrogen) atoms. The molecule has 0 saturated heterocycles. The Bertz CT molecular complexity index is 543. The van der Waals surface area contributed by atoms with E-state index in [9.17, 15) is 9.59 Å². The summed E-state index contributed by atoms with van der Waals surface area (Å²) in [7, 11) is 3.08. The summed E-state index contributed by atoms with van der Waals surface area (Å²) in [6.45, 7) is 5.81. The third-order valence-corrected chi connectivity index (χ3v) is 3.08. The number of ether oxygens (including phenoxy) is 2. The van der Waals surface area contributed by atoms with E-state index in [1.54, 1.807) is 36.3 Å². The predicted molar refractivity (Wildman–Crippen MR) is 85.2 cm³/mol. The fraction of sp³-hybridized carbons (Fsp3) is 0.375. The Kier molecular flexibility index (Phi) is 6.95. The lowest BCUT2D eigenvalue weighted by molar-refractivity contribution is -0.128. The van der Waals surface area contributed by atoms with Crippen LogP contribution in [0.3, 0.4) is 0 Å². The van der Waals surface area contributed by atoms with Crippen molar-refractivity contribution >= 4 is 17.5 Å². The molecule has 1 rings (SSSR count). The number of benzene rings is 1. The zero-order chi connectivity index (χ0) is 16.5. The van der Waals surface area contributed by atoms with Crippen molar-refractivity contribution in [2.45, 2.75) is 13.3 Å². The van der Waals surface area contributed by atoms with E-state index in [1.165, 1.54) is 14.0 Å². The highest BCUT2D eigenvalue weighted by Crippen LogP contribution is 2.28. The summed E-state index contributed by atoms with van der Waals surface area (Å²) in [5.74, 6) is 0.866. The van der Waals surface area contributed by atoms with E-state index < -0.39 is 0 Å². The molecule has 1 aromatic rings. The van der Waals surface area contributed by atoms with Crippen LogP contribution >= 0.6 is 0 Å². The average Bonchev–Trinajstić information content (AvgIpc) is 2.50. The molecule has 0 atom stereocenters. The molecular weight excluding hydrogens is 284 g/mol. The van der Waals surface area contributed by atoms with Gasteiger partial charge in [-0.05, 0) is 12.1 Å². The average molecular weight is 306 g/mol.